The van der Waals surface area contributed by atoms with E-state index in [-0.39, 0.29) is 0 Å². The lowest BCUT2D eigenvalue weighted by molar-refractivity contribution is 0.415. The minimum absolute atomic E-state index is 0.835. The zero-order valence-corrected chi connectivity index (χ0v) is 17.0. The summed E-state index contributed by atoms with van der Waals surface area (Å²) in [5.74, 6) is 3.66. The Balaban J connectivity index is 1.45. The summed E-state index contributed by atoms with van der Waals surface area (Å²) in [5.41, 5.74) is 1.96. The van der Waals surface area contributed by atoms with Gasteiger partial charge in [0, 0.05) is 58.0 Å². The first kappa shape index (κ1) is 18.9. The van der Waals surface area contributed by atoms with E-state index in [1.54, 1.807) is 19.8 Å². The molecule has 0 radical (unpaired) electrons. The molecule has 0 unspecified atom stereocenters. The Morgan fingerprint density at radius 3 is 1.97 bits per heavy atom. The van der Waals surface area contributed by atoms with Crippen molar-refractivity contribution in [3.8, 4) is 17.0 Å². The summed E-state index contributed by atoms with van der Waals surface area (Å²) in [5, 5.41) is 0. The van der Waals surface area contributed by atoms with Crippen LogP contribution in [-0.2, 0) is 0 Å². The van der Waals surface area contributed by atoms with E-state index in [4.69, 9.17) is 4.74 Å². The molecule has 1 saturated heterocycles. The largest absolute Gasteiger partial charge is 0.497 e. The lowest BCUT2D eigenvalue weighted by atomic mass is 10.1. The van der Waals surface area contributed by atoms with Crippen LogP contribution in [0.15, 0.2) is 49.1 Å². The number of piperazine rings is 1. The van der Waals surface area contributed by atoms with Gasteiger partial charge >= 0.3 is 0 Å². The van der Waals surface area contributed by atoms with Crippen molar-refractivity contribution in [3.05, 3.63) is 49.1 Å². The van der Waals surface area contributed by atoms with E-state index in [0.29, 0.717) is 0 Å². The molecule has 0 saturated carbocycles. The zero-order valence-electron chi connectivity index (χ0n) is 17.0. The predicted octanol–water partition coefficient (Wildman–Crippen LogP) is 2.33. The van der Waals surface area contributed by atoms with Gasteiger partial charge in [-0.1, -0.05) is 0 Å². The summed E-state index contributed by atoms with van der Waals surface area (Å²) in [6.45, 7) is 3.51. The van der Waals surface area contributed by atoms with Gasteiger partial charge in [-0.3, -0.25) is 0 Å². The third kappa shape index (κ3) is 4.21. The molecule has 1 aliphatic heterocycles. The highest BCUT2D eigenvalue weighted by molar-refractivity contribution is 5.63. The molecule has 0 atom stereocenters. The molecule has 3 aromatic rings. The number of hydrogen-bond donors (Lipinski definition) is 0. The first-order valence-corrected chi connectivity index (χ1v) is 9.60. The minimum atomic E-state index is 0.835. The molecule has 0 N–H and O–H groups in total. The van der Waals surface area contributed by atoms with Crippen LogP contribution >= 0.6 is 0 Å². The second-order valence-electron chi connectivity index (χ2n) is 7.09. The molecule has 2 aromatic heterocycles. The van der Waals surface area contributed by atoms with Crippen LogP contribution in [0.2, 0.25) is 0 Å². The lowest BCUT2D eigenvalue weighted by Crippen LogP contribution is -2.47. The molecule has 1 aromatic carbocycles. The molecule has 4 rings (SSSR count). The van der Waals surface area contributed by atoms with Crippen LogP contribution in [-0.4, -0.2) is 67.3 Å². The number of methoxy groups -OCH3 is 1. The number of anilines is 3. The Hall–Kier alpha value is -3.42. The standard InChI is InChI=1S/C21H25N7O/c1-26(2)19-13-21(25-15-23-19)28-10-8-27(9-11-28)20-12-18(22-14-24-20)16-4-6-17(29-3)7-5-16/h4-7,12-15H,8-11H2,1-3H3. The van der Waals surface area contributed by atoms with E-state index >= 15 is 0 Å². The van der Waals surface area contributed by atoms with Crippen LogP contribution in [0, 0.1) is 0 Å². The molecule has 1 aliphatic rings. The van der Waals surface area contributed by atoms with Gasteiger partial charge in [0.05, 0.1) is 12.8 Å². The van der Waals surface area contributed by atoms with Gasteiger partial charge in [-0.25, -0.2) is 19.9 Å². The summed E-state index contributed by atoms with van der Waals surface area (Å²) in [7, 11) is 5.64. The van der Waals surface area contributed by atoms with E-state index in [9.17, 15) is 0 Å². The van der Waals surface area contributed by atoms with Crippen LogP contribution in [0.25, 0.3) is 11.3 Å². The third-order valence-corrected chi connectivity index (χ3v) is 5.06. The van der Waals surface area contributed by atoms with Crippen LogP contribution in [0.4, 0.5) is 17.5 Å². The summed E-state index contributed by atoms with van der Waals surface area (Å²) in [4.78, 5) is 24.2. The quantitative estimate of drug-likeness (QED) is 0.656. The Morgan fingerprint density at radius 2 is 1.38 bits per heavy atom. The van der Waals surface area contributed by atoms with E-state index in [0.717, 1.165) is 60.6 Å². The minimum Gasteiger partial charge on any atom is -0.497 e. The number of nitrogens with zero attached hydrogens (tertiary/aromatic N) is 7. The van der Waals surface area contributed by atoms with E-state index in [1.807, 2.05) is 55.4 Å². The summed E-state index contributed by atoms with van der Waals surface area (Å²) < 4.78 is 5.23. The van der Waals surface area contributed by atoms with Gasteiger partial charge in [0.25, 0.3) is 0 Å². The Morgan fingerprint density at radius 1 is 0.793 bits per heavy atom. The second kappa shape index (κ2) is 8.30. The average Bonchev–Trinajstić information content (AvgIpc) is 2.79. The first-order chi connectivity index (χ1) is 14.1. The molecule has 0 amide bonds. The third-order valence-electron chi connectivity index (χ3n) is 5.06. The number of rotatable bonds is 5. The lowest BCUT2D eigenvalue weighted by Gasteiger charge is -2.36. The van der Waals surface area contributed by atoms with Crippen molar-refractivity contribution in [1.82, 2.24) is 19.9 Å². The Kier molecular flexibility index (Phi) is 5.41. The van der Waals surface area contributed by atoms with Gasteiger partial charge < -0.3 is 19.4 Å². The number of hydrogen-bond acceptors (Lipinski definition) is 8. The molecule has 8 nitrogen and oxygen atoms in total. The molecular formula is C21H25N7O. The fourth-order valence-electron chi connectivity index (χ4n) is 3.36. The number of benzene rings is 1. The summed E-state index contributed by atoms with van der Waals surface area (Å²) in [6.07, 6.45) is 3.26. The fraction of sp³-hybridized carbons (Fsp3) is 0.333. The van der Waals surface area contributed by atoms with Crippen molar-refractivity contribution in [2.75, 3.05) is 62.1 Å². The summed E-state index contributed by atoms with van der Waals surface area (Å²) >= 11 is 0. The van der Waals surface area contributed by atoms with Crippen LogP contribution in [0.1, 0.15) is 0 Å². The normalized spacial score (nSPS) is 14.0. The number of aromatic nitrogens is 4. The van der Waals surface area contributed by atoms with Crippen LogP contribution in [0.3, 0.4) is 0 Å². The molecule has 0 bridgehead atoms. The van der Waals surface area contributed by atoms with Gasteiger partial charge in [-0.05, 0) is 24.3 Å². The van der Waals surface area contributed by atoms with Gasteiger partial charge in [0.2, 0.25) is 0 Å². The van der Waals surface area contributed by atoms with Crippen molar-refractivity contribution in [2.24, 2.45) is 0 Å². The molecule has 0 aliphatic carbocycles. The van der Waals surface area contributed by atoms with Crippen molar-refractivity contribution >= 4 is 17.5 Å². The molecular weight excluding hydrogens is 366 g/mol. The monoisotopic (exact) mass is 391 g/mol. The van der Waals surface area contributed by atoms with E-state index in [2.05, 4.69) is 29.7 Å². The fourth-order valence-corrected chi connectivity index (χ4v) is 3.36. The maximum atomic E-state index is 5.23. The molecule has 29 heavy (non-hydrogen) atoms. The molecule has 1 fully saturated rings. The second-order valence-corrected chi connectivity index (χ2v) is 7.09. The maximum absolute atomic E-state index is 5.23. The highest BCUT2D eigenvalue weighted by Crippen LogP contribution is 2.24. The molecule has 0 spiro atoms. The zero-order chi connectivity index (χ0) is 20.2. The van der Waals surface area contributed by atoms with E-state index < -0.39 is 0 Å². The average molecular weight is 391 g/mol. The highest BCUT2D eigenvalue weighted by atomic mass is 16.5. The molecule has 150 valence electrons. The van der Waals surface area contributed by atoms with Crippen molar-refractivity contribution in [3.63, 3.8) is 0 Å². The molecule has 3 heterocycles. The van der Waals surface area contributed by atoms with Crippen LogP contribution < -0.4 is 19.4 Å². The Bertz CT molecular complexity index is 953. The van der Waals surface area contributed by atoms with Gasteiger partial charge in [-0.2, -0.15) is 0 Å². The molecule has 8 heteroatoms. The topological polar surface area (TPSA) is 70.5 Å². The highest BCUT2D eigenvalue weighted by Gasteiger charge is 2.20. The predicted molar refractivity (Wildman–Crippen MR) is 115 cm³/mol. The smallest absolute Gasteiger partial charge is 0.134 e. The number of ether oxygens (including phenoxy) is 1. The van der Waals surface area contributed by atoms with Crippen molar-refractivity contribution in [2.45, 2.75) is 0 Å². The SMILES string of the molecule is COc1ccc(-c2cc(N3CCN(c4cc(N(C)C)ncn4)CC3)ncn2)cc1. The van der Waals surface area contributed by atoms with Gasteiger partial charge in [0.15, 0.2) is 0 Å². The maximum Gasteiger partial charge on any atom is 0.134 e. The Labute approximate surface area is 170 Å². The first-order valence-electron chi connectivity index (χ1n) is 9.60. The van der Waals surface area contributed by atoms with Gasteiger partial charge in [0.1, 0.15) is 35.9 Å². The summed E-state index contributed by atoms with van der Waals surface area (Å²) in [6, 6.07) is 12.0. The van der Waals surface area contributed by atoms with Crippen molar-refractivity contribution < 1.29 is 4.74 Å². The van der Waals surface area contributed by atoms with Gasteiger partial charge in [-0.15, -0.1) is 0 Å². The van der Waals surface area contributed by atoms with Crippen LogP contribution in [0.5, 0.6) is 5.75 Å². The van der Waals surface area contributed by atoms with E-state index in [1.165, 1.54) is 0 Å². The van der Waals surface area contributed by atoms with Crippen molar-refractivity contribution in [1.29, 1.82) is 0 Å².